The summed E-state index contributed by atoms with van der Waals surface area (Å²) in [7, 11) is 0. The van der Waals surface area contributed by atoms with Crippen LogP contribution in [0.15, 0.2) is 18.2 Å². The van der Waals surface area contributed by atoms with Crippen molar-refractivity contribution in [2.75, 3.05) is 36.8 Å². The first kappa shape index (κ1) is 14.7. The van der Waals surface area contributed by atoms with Gasteiger partial charge in [0, 0.05) is 30.2 Å². The summed E-state index contributed by atoms with van der Waals surface area (Å²) in [5, 5.41) is 1.06. The van der Waals surface area contributed by atoms with Crippen molar-refractivity contribution in [2.45, 2.75) is 38.6 Å². The summed E-state index contributed by atoms with van der Waals surface area (Å²) < 4.78 is 0. The lowest BCUT2D eigenvalue weighted by molar-refractivity contribution is 0.207. The Hall–Kier alpha value is -1.88. The molecule has 0 amide bonds. The van der Waals surface area contributed by atoms with Crippen LogP contribution < -0.4 is 10.6 Å². The molecule has 2 N–H and O–H groups in total. The van der Waals surface area contributed by atoms with E-state index in [9.17, 15) is 0 Å². The maximum absolute atomic E-state index is 5.88. The lowest BCUT2D eigenvalue weighted by Crippen LogP contribution is -2.44. The molecule has 2 aromatic rings. The third-order valence-electron chi connectivity index (χ3n) is 5.30. The molecule has 1 aromatic heterocycles. The monoisotopic (exact) mass is 311 g/mol. The smallest absolute Gasteiger partial charge is 0.226 e. The first-order chi connectivity index (χ1) is 11.2. The van der Waals surface area contributed by atoms with Gasteiger partial charge in [0.25, 0.3) is 0 Å². The molecule has 0 bridgehead atoms. The number of piperidine rings is 1. The van der Waals surface area contributed by atoms with Crippen LogP contribution in [0, 0.1) is 6.92 Å². The van der Waals surface area contributed by atoms with Gasteiger partial charge in [0.15, 0.2) is 0 Å². The molecular weight excluding hydrogens is 286 g/mol. The van der Waals surface area contributed by atoms with Gasteiger partial charge in [-0.3, -0.25) is 0 Å². The number of likely N-dealkylation sites (tertiary alicyclic amines) is 1. The number of benzene rings is 1. The Kier molecular flexibility index (Phi) is 3.81. The zero-order valence-electron chi connectivity index (χ0n) is 13.8. The van der Waals surface area contributed by atoms with Crippen LogP contribution in [0.4, 0.5) is 11.6 Å². The van der Waals surface area contributed by atoms with Crippen molar-refractivity contribution in [1.82, 2.24) is 14.9 Å². The maximum atomic E-state index is 5.88. The first-order valence-corrected chi connectivity index (χ1v) is 8.73. The van der Waals surface area contributed by atoms with E-state index < -0.39 is 0 Å². The highest BCUT2D eigenvalue weighted by Crippen LogP contribution is 2.26. The Bertz CT molecular complexity index is 700. The average molecular weight is 311 g/mol. The summed E-state index contributed by atoms with van der Waals surface area (Å²) in [5.74, 6) is 0.875. The van der Waals surface area contributed by atoms with E-state index in [4.69, 9.17) is 15.7 Å². The van der Waals surface area contributed by atoms with Gasteiger partial charge in [0.2, 0.25) is 5.95 Å². The summed E-state index contributed by atoms with van der Waals surface area (Å²) in [6, 6.07) is 6.64. The quantitative estimate of drug-likeness (QED) is 0.864. The van der Waals surface area contributed by atoms with Crippen LogP contribution in [0.1, 0.15) is 31.4 Å². The molecule has 2 fully saturated rings. The van der Waals surface area contributed by atoms with E-state index in [-0.39, 0.29) is 0 Å². The molecule has 1 aromatic carbocycles. The van der Waals surface area contributed by atoms with E-state index in [1.807, 2.05) is 25.1 Å². The molecule has 4 rings (SSSR count). The number of aromatic nitrogens is 2. The van der Waals surface area contributed by atoms with Crippen LogP contribution in [0.3, 0.4) is 0 Å². The fourth-order valence-corrected chi connectivity index (χ4v) is 3.96. The summed E-state index contributed by atoms with van der Waals surface area (Å²) in [6.45, 7) is 6.74. The maximum Gasteiger partial charge on any atom is 0.226 e. The molecule has 0 atom stereocenters. The van der Waals surface area contributed by atoms with Crippen molar-refractivity contribution in [3.05, 3.63) is 23.9 Å². The second kappa shape index (κ2) is 5.96. The molecule has 5 heteroatoms. The third-order valence-corrected chi connectivity index (χ3v) is 5.30. The van der Waals surface area contributed by atoms with Crippen molar-refractivity contribution in [3.8, 4) is 0 Å². The minimum absolute atomic E-state index is 0.759. The molecule has 5 nitrogen and oxygen atoms in total. The number of anilines is 2. The second-order valence-electron chi connectivity index (χ2n) is 6.85. The number of aryl methyl sites for hydroxylation is 1. The SMILES string of the molecule is Cc1nc(N2CCC(N3CCCC3)CC2)nc2ccc(N)cc12. The Balaban J connectivity index is 1.52. The van der Waals surface area contributed by atoms with Crippen molar-refractivity contribution in [1.29, 1.82) is 0 Å². The predicted molar refractivity (Wildman–Crippen MR) is 94.7 cm³/mol. The standard InChI is InChI=1S/C18H25N5/c1-13-16-12-14(19)4-5-17(16)21-18(20-13)23-10-6-15(7-11-23)22-8-2-3-9-22/h4-5,12,15H,2-3,6-11,19H2,1H3. The Morgan fingerprint density at radius 3 is 2.52 bits per heavy atom. The molecular formula is C18H25N5. The number of fused-ring (bicyclic) bond motifs is 1. The van der Waals surface area contributed by atoms with Gasteiger partial charge in [0.1, 0.15) is 0 Å². The van der Waals surface area contributed by atoms with E-state index in [0.29, 0.717) is 0 Å². The van der Waals surface area contributed by atoms with Crippen LogP contribution >= 0.6 is 0 Å². The molecule has 0 spiro atoms. The minimum atomic E-state index is 0.759. The van der Waals surface area contributed by atoms with Crippen LogP contribution in [0.5, 0.6) is 0 Å². The number of nitrogen functional groups attached to an aromatic ring is 1. The largest absolute Gasteiger partial charge is 0.399 e. The van der Waals surface area contributed by atoms with E-state index in [2.05, 4.69) is 9.80 Å². The molecule has 23 heavy (non-hydrogen) atoms. The number of rotatable bonds is 2. The summed E-state index contributed by atoms with van der Waals surface area (Å²) >= 11 is 0. The second-order valence-corrected chi connectivity index (χ2v) is 6.85. The minimum Gasteiger partial charge on any atom is -0.399 e. The zero-order chi connectivity index (χ0) is 15.8. The Morgan fingerprint density at radius 1 is 1.04 bits per heavy atom. The highest BCUT2D eigenvalue weighted by molar-refractivity contribution is 5.84. The van der Waals surface area contributed by atoms with Gasteiger partial charge in [-0.25, -0.2) is 9.97 Å². The molecule has 3 heterocycles. The molecule has 2 saturated heterocycles. The van der Waals surface area contributed by atoms with Gasteiger partial charge >= 0.3 is 0 Å². The molecule has 2 aliphatic heterocycles. The van der Waals surface area contributed by atoms with Crippen molar-refractivity contribution >= 4 is 22.5 Å². The van der Waals surface area contributed by atoms with E-state index >= 15 is 0 Å². The van der Waals surface area contributed by atoms with Crippen LogP contribution in [-0.4, -0.2) is 47.1 Å². The predicted octanol–water partition coefficient (Wildman–Crippen LogP) is 2.59. The van der Waals surface area contributed by atoms with Gasteiger partial charge in [-0.1, -0.05) is 0 Å². The summed E-state index contributed by atoms with van der Waals surface area (Å²) in [6.07, 6.45) is 5.19. The van der Waals surface area contributed by atoms with Gasteiger partial charge in [-0.15, -0.1) is 0 Å². The summed E-state index contributed by atoms with van der Waals surface area (Å²) in [5.41, 5.74) is 8.65. The van der Waals surface area contributed by atoms with E-state index in [1.165, 1.54) is 38.8 Å². The van der Waals surface area contributed by atoms with Crippen molar-refractivity contribution < 1.29 is 0 Å². The average Bonchev–Trinajstić information content (AvgIpc) is 3.10. The Labute approximate surface area is 137 Å². The zero-order valence-corrected chi connectivity index (χ0v) is 13.8. The third kappa shape index (κ3) is 2.85. The van der Waals surface area contributed by atoms with Crippen molar-refractivity contribution in [2.24, 2.45) is 0 Å². The Morgan fingerprint density at radius 2 is 1.78 bits per heavy atom. The number of hydrogen-bond donors (Lipinski definition) is 1. The van der Waals surface area contributed by atoms with Gasteiger partial charge in [-0.2, -0.15) is 0 Å². The molecule has 0 aliphatic carbocycles. The van der Waals surface area contributed by atoms with Gasteiger partial charge in [0.05, 0.1) is 11.2 Å². The highest BCUT2D eigenvalue weighted by Gasteiger charge is 2.27. The fourth-order valence-electron chi connectivity index (χ4n) is 3.96. The lowest BCUT2D eigenvalue weighted by atomic mass is 10.0. The van der Waals surface area contributed by atoms with E-state index in [1.54, 1.807) is 0 Å². The number of nitrogens with two attached hydrogens (primary N) is 1. The van der Waals surface area contributed by atoms with Crippen LogP contribution in [0.25, 0.3) is 10.9 Å². The molecule has 2 aliphatic rings. The molecule has 0 saturated carbocycles. The van der Waals surface area contributed by atoms with Crippen LogP contribution in [-0.2, 0) is 0 Å². The molecule has 0 unspecified atom stereocenters. The normalized spacial score (nSPS) is 20.5. The topological polar surface area (TPSA) is 58.3 Å². The number of hydrogen-bond acceptors (Lipinski definition) is 5. The van der Waals surface area contributed by atoms with E-state index in [0.717, 1.165) is 47.4 Å². The van der Waals surface area contributed by atoms with Gasteiger partial charge < -0.3 is 15.5 Å². The highest BCUT2D eigenvalue weighted by atomic mass is 15.3. The summed E-state index contributed by atoms with van der Waals surface area (Å²) in [4.78, 5) is 14.5. The molecule has 122 valence electrons. The number of nitrogens with zero attached hydrogens (tertiary/aromatic N) is 4. The fraction of sp³-hybridized carbons (Fsp3) is 0.556. The van der Waals surface area contributed by atoms with Crippen molar-refractivity contribution in [3.63, 3.8) is 0 Å². The molecule has 0 radical (unpaired) electrons. The lowest BCUT2D eigenvalue weighted by Gasteiger charge is -2.36. The first-order valence-electron chi connectivity index (χ1n) is 8.73. The van der Waals surface area contributed by atoms with Crippen LogP contribution in [0.2, 0.25) is 0 Å². The van der Waals surface area contributed by atoms with Gasteiger partial charge in [-0.05, 0) is 63.9 Å².